The lowest BCUT2D eigenvalue weighted by Crippen LogP contribution is -2.07. The van der Waals surface area contributed by atoms with Gasteiger partial charge in [-0.2, -0.15) is 18.7 Å². The summed E-state index contributed by atoms with van der Waals surface area (Å²) in [5.74, 6) is -0.938. The van der Waals surface area contributed by atoms with Gasteiger partial charge in [0.2, 0.25) is 5.95 Å². The number of rotatable bonds is 5. The zero-order chi connectivity index (χ0) is 21.4. The number of anilines is 3. The standard InChI is InChI=1S/C19H14F4N6O/c1-9-25-13-6-10(20)2-4-14(13)29(9)17-8-16(24)27-19(28-17)26-11-3-5-15(12(21)7-11)30-18(22)23/h2-8,18H,1H3,(H3,24,26,27,28). The molecule has 0 spiro atoms. The molecule has 2 aromatic heterocycles. The molecule has 7 nitrogen and oxygen atoms in total. The average molecular weight is 418 g/mol. The summed E-state index contributed by atoms with van der Waals surface area (Å²) in [6.07, 6.45) is 0. The van der Waals surface area contributed by atoms with Crippen molar-refractivity contribution in [2.45, 2.75) is 13.5 Å². The summed E-state index contributed by atoms with van der Waals surface area (Å²) in [6, 6.07) is 9.01. The molecule has 0 atom stereocenters. The molecule has 0 bridgehead atoms. The topological polar surface area (TPSA) is 90.9 Å². The molecule has 0 fully saturated rings. The van der Waals surface area contributed by atoms with Crippen LogP contribution in [0.15, 0.2) is 42.5 Å². The maximum absolute atomic E-state index is 13.9. The van der Waals surface area contributed by atoms with Gasteiger partial charge in [0, 0.05) is 23.9 Å². The van der Waals surface area contributed by atoms with Gasteiger partial charge in [-0.05, 0) is 31.2 Å². The number of nitrogens with one attached hydrogen (secondary N) is 1. The van der Waals surface area contributed by atoms with Gasteiger partial charge in [-0.3, -0.25) is 4.57 Å². The Morgan fingerprint density at radius 1 is 1.03 bits per heavy atom. The van der Waals surface area contributed by atoms with Crippen LogP contribution in [0.25, 0.3) is 16.9 Å². The number of ether oxygens (including phenoxy) is 1. The minimum atomic E-state index is -3.14. The number of nitrogens with two attached hydrogens (primary N) is 1. The van der Waals surface area contributed by atoms with E-state index in [0.717, 1.165) is 12.1 Å². The van der Waals surface area contributed by atoms with Gasteiger partial charge in [0.1, 0.15) is 23.3 Å². The van der Waals surface area contributed by atoms with Crippen molar-refractivity contribution >= 4 is 28.5 Å². The van der Waals surface area contributed by atoms with Crippen LogP contribution in [0, 0.1) is 18.6 Å². The fourth-order valence-electron chi connectivity index (χ4n) is 2.99. The summed E-state index contributed by atoms with van der Waals surface area (Å²) in [4.78, 5) is 12.7. The van der Waals surface area contributed by atoms with Crippen molar-refractivity contribution in [1.82, 2.24) is 19.5 Å². The van der Waals surface area contributed by atoms with Gasteiger partial charge in [0.05, 0.1) is 11.0 Å². The van der Waals surface area contributed by atoms with Crippen molar-refractivity contribution in [3.8, 4) is 11.6 Å². The third-order valence-electron chi connectivity index (χ3n) is 4.15. The minimum absolute atomic E-state index is 0.0373. The van der Waals surface area contributed by atoms with Crippen LogP contribution in [0.5, 0.6) is 5.75 Å². The van der Waals surface area contributed by atoms with E-state index in [-0.39, 0.29) is 17.5 Å². The summed E-state index contributed by atoms with van der Waals surface area (Å²) < 4.78 is 57.7. The SMILES string of the molecule is Cc1nc2cc(F)ccc2n1-c1cc(N)nc(Nc2ccc(OC(F)F)c(F)c2)n1. The molecule has 4 aromatic rings. The Hall–Kier alpha value is -3.89. The Labute approximate surface area is 167 Å². The molecule has 3 N–H and O–H groups in total. The van der Waals surface area contributed by atoms with Crippen molar-refractivity contribution in [2.24, 2.45) is 0 Å². The van der Waals surface area contributed by atoms with Gasteiger partial charge < -0.3 is 15.8 Å². The van der Waals surface area contributed by atoms with Gasteiger partial charge in [0.25, 0.3) is 0 Å². The Balaban J connectivity index is 1.70. The summed E-state index contributed by atoms with van der Waals surface area (Å²) in [5, 5.41) is 2.77. The highest BCUT2D eigenvalue weighted by molar-refractivity contribution is 5.78. The molecule has 0 aliphatic heterocycles. The van der Waals surface area contributed by atoms with Crippen LogP contribution >= 0.6 is 0 Å². The van der Waals surface area contributed by atoms with Gasteiger partial charge in [-0.25, -0.2) is 13.8 Å². The normalized spacial score (nSPS) is 11.3. The van der Waals surface area contributed by atoms with E-state index < -0.39 is 24.0 Å². The van der Waals surface area contributed by atoms with E-state index in [1.54, 1.807) is 17.6 Å². The van der Waals surface area contributed by atoms with E-state index in [2.05, 4.69) is 25.0 Å². The molecule has 0 unspecified atom stereocenters. The molecule has 11 heteroatoms. The first-order valence-electron chi connectivity index (χ1n) is 8.61. The number of halogens is 4. The van der Waals surface area contributed by atoms with Crippen molar-refractivity contribution in [3.05, 3.63) is 59.9 Å². The fourth-order valence-corrected chi connectivity index (χ4v) is 2.99. The van der Waals surface area contributed by atoms with E-state index in [4.69, 9.17) is 5.73 Å². The van der Waals surface area contributed by atoms with E-state index in [0.29, 0.717) is 22.7 Å². The third kappa shape index (κ3) is 3.81. The maximum Gasteiger partial charge on any atom is 0.387 e. The number of nitrogens with zero attached hydrogens (tertiary/aromatic N) is 4. The number of nitrogen functional groups attached to an aromatic ring is 1. The van der Waals surface area contributed by atoms with Gasteiger partial charge >= 0.3 is 6.61 Å². The zero-order valence-electron chi connectivity index (χ0n) is 15.4. The van der Waals surface area contributed by atoms with Crippen LogP contribution in [-0.2, 0) is 0 Å². The molecule has 0 radical (unpaired) electrons. The zero-order valence-corrected chi connectivity index (χ0v) is 15.4. The number of aryl methyl sites for hydroxylation is 1. The lowest BCUT2D eigenvalue weighted by atomic mass is 10.3. The second-order valence-electron chi connectivity index (χ2n) is 6.25. The monoisotopic (exact) mass is 418 g/mol. The van der Waals surface area contributed by atoms with Crippen LogP contribution in [0.1, 0.15) is 5.82 Å². The lowest BCUT2D eigenvalue weighted by Gasteiger charge is -2.11. The molecule has 154 valence electrons. The van der Waals surface area contributed by atoms with E-state index in [1.807, 2.05) is 0 Å². The molecule has 2 aromatic carbocycles. The smallest absolute Gasteiger partial charge is 0.387 e. The Bertz CT molecular complexity index is 1240. The number of fused-ring (bicyclic) bond motifs is 1. The molecular formula is C19H14F4N6O. The summed E-state index contributed by atoms with van der Waals surface area (Å²) in [6.45, 7) is -1.42. The third-order valence-corrected chi connectivity index (χ3v) is 4.15. The molecule has 0 aliphatic carbocycles. The van der Waals surface area contributed by atoms with E-state index >= 15 is 0 Å². The number of benzene rings is 2. The van der Waals surface area contributed by atoms with Crippen molar-refractivity contribution in [2.75, 3.05) is 11.1 Å². The Morgan fingerprint density at radius 2 is 1.83 bits per heavy atom. The molecule has 2 heterocycles. The maximum atomic E-state index is 13.9. The summed E-state index contributed by atoms with van der Waals surface area (Å²) in [5.41, 5.74) is 7.13. The average Bonchev–Trinajstić information content (AvgIpc) is 2.98. The van der Waals surface area contributed by atoms with Crippen LogP contribution in [0.3, 0.4) is 0 Å². The Morgan fingerprint density at radius 3 is 2.57 bits per heavy atom. The van der Waals surface area contributed by atoms with Crippen LogP contribution in [0.2, 0.25) is 0 Å². The van der Waals surface area contributed by atoms with E-state index in [9.17, 15) is 17.6 Å². The second-order valence-corrected chi connectivity index (χ2v) is 6.25. The molecular weight excluding hydrogens is 404 g/mol. The molecule has 0 amide bonds. The number of hydrogen-bond donors (Lipinski definition) is 2. The molecule has 0 saturated carbocycles. The predicted octanol–water partition coefficient (Wildman–Crippen LogP) is 4.33. The lowest BCUT2D eigenvalue weighted by molar-refractivity contribution is -0.0521. The van der Waals surface area contributed by atoms with Gasteiger partial charge in [-0.1, -0.05) is 0 Å². The number of alkyl halides is 2. The highest BCUT2D eigenvalue weighted by atomic mass is 19.3. The first kappa shape index (κ1) is 19.4. The van der Waals surface area contributed by atoms with Gasteiger partial charge in [-0.15, -0.1) is 0 Å². The number of aromatic nitrogens is 4. The quantitative estimate of drug-likeness (QED) is 0.469. The van der Waals surface area contributed by atoms with Crippen LogP contribution in [-0.4, -0.2) is 26.1 Å². The largest absolute Gasteiger partial charge is 0.432 e. The Kier molecular flexibility index (Phi) is 4.86. The summed E-state index contributed by atoms with van der Waals surface area (Å²) in [7, 11) is 0. The predicted molar refractivity (Wildman–Crippen MR) is 102 cm³/mol. The highest BCUT2D eigenvalue weighted by Gasteiger charge is 2.14. The van der Waals surface area contributed by atoms with Crippen LogP contribution < -0.4 is 15.8 Å². The van der Waals surface area contributed by atoms with Gasteiger partial charge in [0.15, 0.2) is 11.6 Å². The minimum Gasteiger partial charge on any atom is -0.432 e. The first-order chi connectivity index (χ1) is 14.3. The number of hydrogen-bond acceptors (Lipinski definition) is 6. The van der Waals surface area contributed by atoms with Crippen molar-refractivity contribution in [3.63, 3.8) is 0 Å². The van der Waals surface area contributed by atoms with Crippen molar-refractivity contribution < 1.29 is 22.3 Å². The first-order valence-corrected chi connectivity index (χ1v) is 8.61. The number of imidazole rings is 1. The van der Waals surface area contributed by atoms with Crippen LogP contribution in [0.4, 0.5) is 35.0 Å². The molecule has 0 aliphatic rings. The van der Waals surface area contributed by atoms with Crippen molar-refractivity contribution in [1.29, 1.82) is 0 Å². The fraction of sp³-hybridized carbons (Fsp3) is 0.105. The molecule has 4 rings (SSSR count). The highest BCUT2D eigenvalue weighted by Crippen LogP contribution is 2.26. The molecule has 0 saturated heterocycles. The second kappa shape index (κ2) is 7.50. The van der Waals surface area contributed by atoms with E-state index in [1.165, 1.54) is 24.3 Å². The summed E-state index contributed by atoms with van der Waals surface area (Å²) >= 11 is 0. The molecule has 30 heavy (non-hydrogen) atoms.